The van der Waals surface area contributed by atoms with Gasteiger partial charge in [0.25, 0.3) is 0 Å². The molecular weight excluding hydrogens is 817 g/mol. The molecule has 0 aliphatic heterocycles. The maximum atomic E-state index is 13.1. The van der Waals surface area contributed by atoms with E-state index in [9.17, 15) is 19.3 Å². The van der Waals surface area contributed by atoms with Gasteiger partial charge in [-0.1, -0.05) is 30.3 Å². The van der Waals surface area contributed by atoms with E-state index in [0.29, 0.717) is 26.3 Å². The van der Waals surface area contributed by atoms with E-state index < -0.39 is 26.4 Å². The lowest BCUT2D eigenvalue weighted by atomic mass is 10.1. The predicted octanol–water partition coefficient (Wildman–Crippen LogP) is 7.95. The van der Waals surface area contributed by atoms with Crippen molar-refractivity contribution in [2.24, 2.45) is 0 Å². The molecule has 0 radical (unpaired) electrons. The Hall–Kier alpha value is -5.51. The molecule has 5 aromatic heterocycles. The molecule has 0 saturated heterocycles. The van der Waals surface area contributed by atoms with E-state index in [1.807, 2.05) is 91.7 Å². The Kier molecular flexibility index (Phi) is 14.5. The average Bonchev–Trinajstić information content (AvgIpc) is 3.28. The van der Waals surface area contributed by atoms with Crippen molar-refractivity contribution in [3.05, 3.63) is 187 Å². The van der Waals surface area contributed by atoms with Gasteiger partial charge in [-0.2, -0.15) is 18.3 Å². The zero-order valence-electron chi connectivity index (χ0n) is 35.6. The second-order valence-electron chi connectivity index (χ2n) is 15.3. The minimum absolute atomic E-state index is 0.146. The van der Waals surface area contributed by atoms with Crippen LogP contribution in [0.25, 0.3) is 33.6 Å². The maximum absolute atomic E-state index is 13.1. The van der Waals surface area contributed by atoms with Crippen LogP contribution in [-0.2, 0) is 43.6 Å². The molecule has 0 aliphatic rings. The molecule has 5 heterocycles. The van der Waals surface area contributed by atoms with Gasteiger partial charge in [0.2, 0.25) is 11.4 Å². The van der Waals surface area contributed by atoms with Gasteiger partial charge in [0.1, 0.15) is 30.2 Å². The minimum Gasteiger partial charge on any atom is -0.386 e. The van der Waals surface area contributed by atoms with Gasteiger partial charge in [-0.15, -0.1) is 0 Å². The molecule has 0 amide bonds. The van der Waals surface area contributed by atoms with Gasteiger partial charge >= 0.3 is 7.60 Å². The molecule has 0 fully saturated rings. The van der Waals surface area contributed by atoms with Crippen LogP contribution in [0.4, 0.5) is 0 Å². The monoisotopic (exact) mass is 871 g/mol. The summed E-state index contributed by atoms with van der Waals surface area (Å²) in [5.41, 5.74) is 10.1. The van der Waals surface area contributed by atoms with Crippen LogP contribution in [0.5, 0.6) is 0 Å². The number of aliphatic hydroxyl groups excluding tert-OH is 2. The van der Waals surface area contributed by atoms with Crippen LogP contribution in [0.3, 0.4) is 0 Å². The number of aromatic nitrogens is 5. The van der Waals surface area contributed by atoms with E-state index in [2.05, 4.69) is 105 Å². The molecule has 11 nitrogen and oxygen atoms in total. The van der Waals surface area contributed by atoms with Crippen molar-refractivity contribution >= 4 is 14.7 Å². The van der Waals surface area contributed by atoms with Crippen molar-refractivity contribution < 1.29 is 46.7 Å². The lowest BCUT2D eigenvalue weighted by molar-refractivity contribution is -0.690. The lowest BCUT2D eigenvalue weighted by Crippen LogP contribution is -2.35. The highest BCUT2D eigenvalue weighted by atomic mass is 31.2. The number of pyridine rings is 5. The molecule has 13 heteroatoms. The molecule has 2 aromatic carbocycles. The summed E-state index contributed by atoms with van der Waals surface area (Å²) in [7, 11) is -6.34. The van der Waals surface area contributed by atoms with Gasteiger partial charge < -0.3 is 23.8 Å². The normalized spacial score (nSPS) is 13.6. The fourth-order valence-electron chi connectivity index (χ4n) is 7.33. The van der Waals surface area contributed by atoms with Crippen LogP contribution < -0.4 is 18.3 Å². The molecule has 0 saturated carbocycles. The van der Waals surface area contributed by atoms with Crippen LogP contribution in [0.1, 0.15) is 50.2 Å². The Morgan fingerprint density at radius 3 is 1.23 bits per heavy atom. The Morgan fingerprint density at radius 1 is 0.516 bits per heavy atom. The summed E-state index contributed by atoms with van der Waals surface area (Å²) in [6.07, 6.45) is 16.8. The lowest BCUT2D eigenvalue weighted by Gasteiger charge is -2.24. The van der Waals surface area contributed by atoms with Crippen LogP contribution in [0.15, 0.2) is 165 Å². The quantitative estimate of drug-likeness (QED) is 0.0664. The second-order valence-corrected chi connectivity index (χ2v) is 20.9. The van der Waals surface area contributed by atoms with Crippen molar-refractivity contribution in [1.29, 1.82) is 0 Å². The van der Waals surface area contributed by atoms with Gasteiger partial charge in [0.15, 0.2) is 62.7 Å². The number of hydrogen-bond acceptors (Lipinski definition) is 7. The SMILES string of the molecule is CCOP(=O)(Cc1ccc(-[n+]2ccc(-c3cc[n+](Cc4cccc(C[n+]5ccc(-c6cc[n+](-c7ccc(CP(=O)(C(C)O)C(C)O)cc7)cc6)cc5)n4)cc3)cc2)cc1)OCC. The van der Waals surface area contributed by atoms with E-state index in [1.165, 1.54) is 13.8 Å². The topological polar surface area (TPSA) is 121 Å². The van der Waals surface area contributed by atoms with Crippen LogP contribution in [0, 0.1) is 0 Å². The van der Waals surface area contributed by atoms with Crippen molar-refractivity contribution in [3.63, 3.8) is 0 Å². The van der Waals surface area contributed by atoms with Gasteiger partial charge in [-0.25, -0.2) is 4.98 Å². The zero-order valence-corrected chi connectivity index (χ0v) is 37.4. The Balaban J connectivity index is 0.922. The molecule has 62 heavy (non-hydrogen) atoms. The molecular formula is C49H55N5O6P2+4. The molecule has 0 aliphatic carbocycles. The summed E-state index contributed by atoms with van der Waals surface area (Å²) < 4.78 is 45.3. The van der Waals surface area contributed by atoms with Crippen LogP contribution in [-0.4, -0.2) is 40.1 Å². The summed E-state index contributed by atoms with van der Waals surface area (Å²) in [6, 6.07) is 38.6. The molecule has 2 unspecified atom stereocenters. The summed E-state index contributed by atoms with van der Waals surface area (Å²) in [6.45, 7) is 8.58. The van der Waals surface area contributed by atoms with Crippen molar-refractivity contribution in [1.82, 2.24) is 4.98 Å². The number of rotatable bonds is 18. The zero-order chi connectivity index (χ0) is 43.7. The molecule has 2 atom stereocenters. The first-order valence-electron chi connectivity index (χ1n) is 20.9. The van der Waals surface area contributed by atoms with Gasteiger partial charge in [0.05, 0.1) is 19.4 Å². The summed E-state index contributed by atoms with van der Waals surface area (Å²) in [4.78, 5) is 4.97. The van der Waals surface area contributed by atoms with Crippen molar-refractivity contribution in [2.45, 2.75) is 64.8 Å². The molecule has 318 valence electrons. The molecule has 7 aromatic rings. The average molecular weight is 872 g/mol. The highest BCUT2D eigenvalue weighted by Gasteiger charge is 2.34. The van der Waals surface area contributed by atoms with E-state index in [1.54, 1.807) is 0 Å². The third-order valence-electron chi connectivity index (χ3n) is 10.9. The fourth-order valence-corrected chi connectivity index (χ4v) is 11.0. The largest absolute Gasteiger partial charge is 0.386 e. The van der Waals surface area contributed by atoms with Gasteiger partial charge in [-0.3, -0.25) is 4.57 Å². The molecule has 2 N–H and O–H groups in total. The minimum atomic E-state index is -3.18. The van der Waals surface area contributed by atoms with Gasteiger partial charge in [0, 0.05) is 79.0 Å². The number of hydrogen-bond donors (Lipinski definition) is 2. The standard InChI is InChI=1S/C49H55N5O6P2/c1-5-59-62(58,60-6-2)37-41-12-16-49(17-13-41)54-32-24-45(25-33-54)43-20-28-52(29-21-43)35-47-9-7-8-46(50-47)34-51-26-18-42(19-27-51)44-22-30-53(31-23-44)48-14-10-40(11-15-48)36-61(57,38(3)55)39(4)56/h7-33,38-39,55-56H,5-6,34-37H2,1-4H3/q+4. The predicted molar refractivity (Wildman–Crippen MR) is 239 cm³/mol. The van der Waals surface area contributed by atoms with E-state index >= 15 is 0 Å². The first kappa shape index (κ1) is 44.5. The Bertz CT molecular complexity index is 2620. The summed E-state index contributed by atoms with van der Waals surface area (Å²) in [5, 5.41) is 20.1. The van der Waals surface area contributed by atoms with E-state index in [-0.39, 0.29) is 12.3 Å². The number of nitrogens with zero attached hydrogens (tertiary/aromatic N) is 5. The third kappa shape index (κ3) is 11.1. The number of benzene rings is 2. The van der Waals surface area contributed by atoms with Crippen molar-refractivity contribution in [3.8, 4) is 33.6 Å². The highest BCUT2D eigenvalue weighted by Crippen LogP contribution is 2.56. The maximum Gasteiger partial charge on any atom is 0.335 e. The molecule has 0 bridgehead atoms. The summed E-state index contributed by atoms with van der Waals surface area (Å²) >= 11 is 0. The third-order valence-corrected chi connectivity index (χ3v) is 16.3. The van der Waals surface area contributed by atoms with Crippen LogP contribution >= 0.6 is 14.7 Å². The molecule has 7 rings (SSSR count). The van der Waals surface area contributed by atoms with E-state index in [0.717, 1.165) is 56.1 Å². The first-order valence-corrected chi connectivity index (χ1v) is 24.7. The van der Waals surface area contributed by atoms with E-state index in [4.69, 9.17) is 14.0 Å². The van der Waals surface area contributed by atoms with Crippen LogP contribution in [0.2, 0.25) is 0 Å². The summed E-state index contributed by atoms with van der Waals surface area (Å²) in [5.74, 6) is -2.14. The fraction of sp³-hybridized carbons (Fsp3) is 0.245. The highest BCUT2D eigenvalue weighted by molar-refractivity contribution is 7.64. The molecule has 0 spiro atoms. The van der Waals surface area contributed by atoms with Crippen molar-refractivity contribution in [2.75, 3.05) is 13.2 Å². The Labute approximate surface area is 364 Å². The number of aliphatic hydroxyl groups is 2. The Morgan fingerprint density at radius 2 is 0.871 bits per heavy atom. The second kappa shape index (κ2) is 20.1. The van der Waals surface area contributed by atoms with Gasteiger partial charge in [-0.05, 0) is 73.2 Å². The first-order chi connectivity index (χ1) is 29.9. The smallest absolute Gasteiger partial charge is 0.335 e.